The molecule has 6 heteroatoms. The van der Waals surface area contributed by atoms with Gasteiger partial charge in [0.05, 0.1) is 10.8 Å². The second-order valence-electron chi connectivity index (χ2n) is 4.56. The highest BCUT2D eigenvalue weighted by Crippen LogP contribution is 2.24. The molecule has 0 saturated heterocycles. The molecule has 0 heterocycles. The van der Waals surface area contributed by atoms with Gasteiger partial charge in [0.1, 0.15) is 0 Å². The summed E-state index contributed by atoms with van der Waals surface area (Å²) in [6.07, 6.45) is 0. The monoisotopic (exact) mass is 266 g/mol. The molecule has 0 aliphatic heterocycles. The smallest absolute Gasteiger partial charge is 0.308 e. The third-order valence-corrected chi connectivity index (χ3v) is 2.92. The zero-order chi connectivity index (χ0) is 14.6. The lowest BCUT2D eigenvalue weighted by molar-refractivity contribution is -0.384. The quantitative estimate of drug-likeness (QED) is 0.631. The van der Waals surface area contributed by atoms with Gasteiger partial charge in [-0.3, -0.25) is 14.9 Å². The predicted molar refractivity (Wildman–Crippen MR) is 72.5 cm³/mol. The summed E-state index contributed by atoms with van der Waals surface area (Å²) < 4.78 is 0. The van der Waals surface area contributed by atoms with Crippen molar-refractivity contribution in [2.45, 2.75) is 20.8 Å². The van der Waals surface area contributed by atoms with E-state index in [4.69, 9.17) is 5.11 Å². The van der Waals surface area contributed by atoms with Gasteiger partial charge < -0.3 is 10.0 Å². The Kier molecular flexibility index (Phi) is 4.86. The molecule has 1 aromatic carbocycles. The lowest BCUT2D eigenvalue weighted by Gasteiger charge is -2.25. The number of non-ortho nitro benzene ring substituents is 1. The van der Waals surface area contributed by atoms with Crippen molar-refractivity contribution in [3.8, 4) is 0 Å². The van der Waals surface area contributed by atoms with Crippen molar-refractivity contribution in [2.24, 2.45) is 5.92 Å². The van der Waals surface area contributed by atoms with Gasteiger partial charge in [0.15, 0.2) is 0 Å². The molecule has 1 atom stereocenters. The van der Waals surface area contributed by atoms with Gasteiger partial charge in [-0.05, 0) is 25.5 Å². The fraction of sp³-hybridized carbons (Fsp3) is 0.462. The lowest BCUT2D eigenvalue weighted by Crippen LogP contribution is -2.31. The van der Waals surface area contributed by atoms with Gasteiger partial charge in [-0.2, -0.15) is 0 Å². The highest BCUT2D eigenvalue weighted by molar-refractivity contribution is 5.70. The molecule has 1 unspecified atom stereocenters. The van der Waals surface area contributed by atoms with Crippen LogP contribution in [0.3, 0.4) is 0 Å². The average molecular weight is 266 g/mol. The Morgan fingerprint density at radius 1 is 1.47 bits per heavy atom. The zero-order valence-electron chi connectivity index (χ0n) is 11.3. The Morgan fingerprint density at radius 3 is 2.58 bits per heavy atom. The molecule has 0 spiro atoms. The van der Waals surface area contributed by atoms with E-state index in [1.54, 1.807) is 13.8 Å². The number of carboxylic acid groups (broad SMARTS) is 1. The minimum atomic E-state index is -0.874. The van der Waals surface area contributed by atoms with Crippen molar-refractivity contribution in [3.63, 3.8) is 0 Å². The lowest BCUT2D eigenvalue weighted by atomic mass is 10.1. The van der Waals surface area contributed by atoms with Crippen LogP contribution in [0.4, 0.5) is 11.4 Å². The minimum Gasteiger partial charge on any atom is -0.481 e. The Balaban J connectivity index is 3.04. The van der Waals surface area contributed by atoms with Crippen LogP contribution in [0.15, 0.2) is 18.2 Å². The molecule has 0 bridgehead atoms. The molecule has 0 fully saturated rings. The molecule has 6 nitrogen and oxygen atoms in total. The highest BCUT2D eigenvalue weighted by atomic mass is 16.6. The Morgan fingerprint density at radius 2 is 2.11 bits per heavy atom. The van der Waals surface area contributed by atoms with Gasteiger partial charge in [0.25, 0.3) is 5.69 Å². The molecule has 1 N–H and O–H groups in total. The number of nitro benzene ring substituents is 1. The maximum absolute atomic E-state index is 10.9. The van der Waals surface area contributed by atoms with E-state index >= 15 is 0 Å². The molecule has 0 aromatic heterocycles. The summed E-state index contributed by atoms with van der Waals surface area (Å²) >= 11 is 0. The minimum absolute atomic E-state index is 0.0245. The van der Waals surface area contributed by atoms with Crippen LogP contribution in [0.1, 0.15) is 19.4 Å². The van der Waals surface area contributed by atoms with E-state index in [1.807, 2.05) is 17.9 Å². The molecule has 19 heavy (non-hydrogen) atoms. The van der Waals surface area contributed by atoms with Gasteiger partial charge in [0, 0.05) is 30.9 Å². The van der Waals surface area contributed by atoms with E-state index in [0.29, 0.717) is 18.8 Å². The largest absolute Gasteiger partial charge is 0.481 e. The highest BCUT2D eigenvalue weighted by Gasteiger charge is 2.17. The number of aryl methyl sites for hydroxylation is 1. The summed E-state index contributed by atoms with van der Waals surface area (Å²) in [5.74, 6) is -1.40. The summed E-state index contributed by atoms with van der Waals surface area (Å²) in [5, 5.41) is 19.8. The summed E-state index contributed by atoms with van der Waals surface area (Å²) in [4.78, 5) is 23.1. The first-order valence-electron chi connectivity index (χ1n) is 6.09. The van der Waals surface area contributed by atoms with E-state index in [0.717, 1.165) is 5.56 Å². The predicted octanol–water partition coefficient (Wildman–Crippen LogP) is 2.45. The van der Waals surface area contributed by atoms with Crippen LogP contribution in [0.5, 0.6) is 0 Å². The number of carboxylic acids is 1. The number of nitro groups is 1. The number of hydrogen-bond acceptors (Lipinski definition) is 4. The van der Waals surface area contributed by atoms with Crippen molar-refractivity contribution in [1.82, 2.24) is 0 Å². The van der Waals surface area contributed by atoms with Gasteiger partial charge >= 0.3 is 5.97 Å². The number of nitrogens with zero attached hydrogens (tertiary/aromatic N) is 2. The Hall–Kier alpha value is -2.11. The number of rotatable bonds is 6. The number of aliphatic carboxylic acids is 1. The third-order valence-electron chi connectivity index (χ3n) is 2.92. The third kappa shape index (κ3) is 3.94. The summed E-state index contributed by atoms with van der Waals surface area (Å²) in [7, 11) is 0. The number of carbonyl (C=O) groups is 1. The fourth-order valence-corrected chi connectivity index (χ4v) is 1.86. The molecule has 1 aromatic rings. The van der Waals surface area contributed by atoms with Gasteiger partial charge in [-0.15, -0.1) is 0 Å². The zero-order valence-corrected chi connectivity index (χ0v) is 11.3. The van der Waals surface area contributed by atoms with Gasteiger partial charge in [0.2, 0.25) is 0 Å². The topological polar surface area (TPSA) is 83.7 Å². The van der Waals surface area contributed by atoms with Crippen LogP contribution >= 0.6 is 0 Å². The first-order valence-corrected chi connectivity index (χ1v) is 6.09. The first kappa shape index (κ1) is 14.9. The molecule has 104 valence electrons. The van der Waals surface area contributed by atoms with E-state index in [1.165, 1.54) is 12.1 Å². The van der Waals surface area contributed by atoms with Crippen molar-refractivity contribution in [3.05, 3.63) is 33.9 Å². The first-order chi connectivity index (χ1) is 8.85. The van der Waals surface area contributed by atoms with Crippen LogP contribution in [-0.4, -0.2) is 29.1 Å². The van der Waals surface area contributed by atoms with Crippen LogP contribution in [0, 0.1) is 23.0 Å². The van der Waals surface area contributed by atoms with Crippen molar-refractivity contribution < 1.29 is 14.8 Å². The van der Waals surface area contributed by atoms with Gasteiger partial charge in [-0.25, -0.2) is 0 Å². The molecule has 0 amide bonds. The molecule has 0 saturated carbocycles. The Labute approximate surface area is 111 Å². The molecular weight excluding hydrogens is 248 g/mol. The second kappa shape index (κ2) is 6.17. The van der Waals surface area contributed by atoms with E-state index < -0.39 is 16.8 Å². The maximum atomic E-state index is 10.9. The number of anilines is 1. The molecule has 1 rings (SSSR count). The summed E-state index contributed by atoms with van der Waals surface area (Å²) in [6, 6.07) is 4.80. The van der Waals surface area contributed by atoms with E-state index in [9.17, 15) is 14.9 Å². The normalized spacial score (nSPS) is 11.9. The van der Waals surface area contributed by atoms with E-state index in [-0.39, 0.29) is 5.69 Å². The Bertz CT molecular complexity index is 488. The average Bonchev–Trinajstić information content (AvgIpc) is 2.34. The van der Waals surface area contributed by atoms with Crippen LogP contribution in [0.25, 0.3) is 0 Å². The van der Waals surface area contributed by atoms with Crippen molar-refractivity contribution in [2.75, 3.05) is 18.0 Å². The summed E-state index contributed by atoms with van der Waals surface area (Å²) in [6.45, 7) is 6.22. The maximum Gasteiger partial charge on any atom is 0.308 e. The standard InChI is InChI=1S/C13H18N2O4/c1-4-14(8-10(3)13(16)17)11-5-9(2)6-12(7-11)15(18)19/h5-7,10H,4,8H2,1-3H3,(H,16,17). The number of hydrogen-bond donors (Lipinski definition) is 1. The molecule has 0 aliphatic rings. The van der Waals surface area contributed by atoms with Gasteiger partial charge in [-0.1, -0.05) is 6.92 Å². The fourth-order valence-electron chi connectivity index (χ4n) is 1.86. The second-order valence-corrected chi connectivity index (χ2v) is 4.56. The van der Waals surface area contributed by atoms with Crippen LogP contribution in [0.2, 0.25) is 0 Å². The van der Waals surface area contributed by atoms with Crippen LogP contribution < -0.4 is 4.90 Å². The SMILES string of the molecule is CCN(CC(C)C(=O)O)c1cc(C)cc([N+](=O)[O-])c1. The molecule has 0 radical (unpaired) electrons. The molecule has 0 aliphatic carbocycles. The summed E-state index contributed by atoms with van der Waals surface area (Å²) in [5.41, 5.74) is 1.49. The van der Waals surface area contributed by atoms with Crippen molar-refractivity contribution >= 4 is 17.3 Å². The van der Waals surface area contributed by atoms with Crippen molar-refractivity contribution in [1.29, 1.82) is 0 Å². The molecular formula is C13H18N2O4. The van der Waals surface area contributed by atoms with Crippen LogP contribution in [-0.2, 0) is 4.79 Å². The van der Waals surface area contributed by atoms with E-state index in [2.05, 4.69) is 0 Å². The number of benzene rings is 1.